The highest BCUT2D eigenvalue weighted by atomic mass is 79.9. The molecule has 7 heteroatoms. The number of likely N-dealkylation sites (N-methyl/N-ethyl adjacent to an activating group) is 1. The van der Waals surface area contributed by atoms with Gasteiger partial charge in [0.15, 0.2) is 0 Å². The second kappa shape index (κ2) is 5.22. The molecule has 16 heavy (non-hydrogen) atoms. The van der Waals surface area contributed by atoms with Gasteiger partial charge in [-0.2, -0.15) is 4.31 Å². The van der Waals surface area contributed by atoms with Crippen molar-refractivity contribution < 1.29 is 8.42 Å². The summed E-state index contributed by atoms with van der Waals surface area (Å²) in [7, 11) is -2.06. The Kier molecular flexibility index (Phi) is 4.43. The Morgan fingerprint density at radius 3 is 2.38 bits per heavy atom. The predicted octanol–water partition coefficient (Wildman–Crippen LogP) is 1.36. The molecule has 1 rings (SSSR count). The summed E-state index contributed by atoms with van der Waals surface area (Å²) < 4.78 is 25.9. The van der Waals surface area contributed by atoms with Gasteiger partial charge in [0.05, 0.1) is 16.4 Å². The van der Waals surface area contributed by atoms with Crippen molar-refractivity contribution in [3.8, 4) is 0 Å². The van der Waals surface area contributed by atoms with Crippen molar-refractivity contribution in [3.05, 3.63) is 28.7 Å². The smallest absolute Gasteiger partial charge is 0.243 e. The summed E-state index contributed by atoms with van der Waals surface area (Å²) in [5.74, 6) is 0. The van der Waals surface area contributed by atoms with Gasteiger partial charge in [0, 0.05) is 11.5 Å². The summed E-state index contributed by atoms with van der Waals surface area (Å²) in [6.45, 7) is 0.0354. The van der Waals surface area contributed by atoms with E-state index < -0.39 is 10.0 Å². The summed E-state index contributed by atoms with van der Waals surface area (Å²) in [6, 6.07) is 6.38. The number of nitrogens with zero attached hydrogens (tertiary/aromatic N) is 1. The van der Waals surface area contributed by atoms with E-state index in [1.54, 1.807) is 12.1 Å². The first-order valence-corrected chi connectivity index (χ1v) is 6.98. The lowest BCUT2D eigenvalue weighted by atomic mass is 10.4. The fourth-order valence-electron chi connectivity index (χ4n) is 1.09. The maximum Gasteiger partial charge on any atom is 0.243 e. The molecule has 0 amide bonds. The molecule has 0 saturated carbocycles. The van der Waals surface area contributed by atoms with Gasteiger partial charge in [-0.25, -0.2) is 8.42 Å². The number of halogens is 1. The molecule has 0 aliphatic heterocycles. The summed E-state index contributed by atoms with van der Waals surface area (Å²) in [5.41, 5.74) is 5.31. The van der Waals surface area contributed by atoms with Gasteiger partial charge < -0.3 is 5.73 Å². The van der Waals surface area contributed by atoms with E-state index in [1.165, 1.54) is 19.2 Å². The van der Waals surface area contributed by atoms with Crippen LogP contribution in [-0.2, 0) is 10.0 Å². The zero-order valence-corrected chi connectivity index (χ0v) is 11.8. The molecule has 0 unspecified atom stereocenters. The van der Waals surface area contributed by atoms with Crippen LogP contribution in [0.15, 0.2) is 33.6 Å². The third-order valence-electron chi connectivity index (χ3n) is 1.90. The van der Waals surface area contributed by atoms with Crippen molar-refractivity contribution in [3.63, 3.8) is 0 Å². The number of thiocarbonyl (C=S) groups is 1. The SMILES string of the molecule is CN(CC(N)=S)S(=O)(=O)c1ccc(Br)cc1. The molecule has 1 aromatic rings. The molecule has 0 atom stereocenters. The topological polar surface area (TPSA) is 63.4 Å². The highest BCUT2D eigenvalue weighted by molar-refractivity contribution is 9.10. The predicted molar refractivity (Wildman–Crippen MR) is 70.7 cm³/mol. The Bertz CT molecular complexity index is 485. The summed E-state index contributed by atoms with van der Waals surface area (Å²) in [5, 5.41) is 0. The van der Waals surface area contributed by atoms with Crippen LogP contribution < -0.4 is 5.73 Å². The van der Waals surface area contributed by atoms with Crippen LogP contribution in [0.3, 0.4) is 0 Å². The van der Waals surface area contributed by atoms with E-state index in [4.69, 9.17) is 5.73 Å². The first-order valence-electron chi connectivity index (χ1n) is 4.34. The van der Waals surface area contributed by atoms with Crippen molar-refractivity contribution in [1.29, 1.82) is 0 Å². The number of sulfonamides is 1. The first-order chi connectivity index (χ1) is 7.34. The van der Waals surface area contributed by atoms with Crippen LogP contribution >= 0.6 is 28.1 Å². The van der Waals surface area contributed by atoms with E-state index in [9.17, 15) is 8.42 Å². The Balaban J connectivity index is 3.02. The lowest BCUT2D eigenvalue weighted by Gasteiger charge is -2.16. The van der Waals surface area contributed by atoms with Gasteiger partial charge in [0.1, 0.15) is 0 Å². The van der Waals surface area contributed by atoms with E-state index >= 15 is 0 Å². The van der Waals surface area contributed by atoms with E-state index in [0.717, 1.165) is 8.78 Å². The molecule has 0 aromatic heterocycles. The lowest BCUT2D eigenvalue weighted by molar-refractivity contribution is 0.506. The van der Waals surface area contributed by atoms with Crippen LogP contribution in [0.1, 0.15) is 0 Å². The standard InChI is InChI=1S/C9H11BrN2O2S2/c1-12(6-9(11)15)16(13,14)8-4-2-7(10)3-5-8/h2-5H,6H2,1H3,(H2,11,15). The van der Waals surface area contributed by atoms with Crippen LogP contribution in [0.25, 0.3) is 0 Å². The molecule has 0 aliphatic rings. The number of nitrogens with two attached hydrogens (primary N) is 1. The lowest BCUT2D eigenvalue weighted by Crippen LogP contribution is -2.34. The van der Waals surface area contributed by atoms with E-state index in [2.05, 4.69) is 28.1 Å². The summed E-state index contributed by atoms with van der Waals surface area (Å²) in [6.07, 6.45) is 0. The van der Waals surface area contributed by atoms with Crippen LogP contribution in [0.4, 0.5) is 0 Å². The molecule has 0 radical (unpaired) electrons. The average Bonchev–Trinajstić information content (AvgIpc) is 2.17. The van der Waals surface area contributed by atoms with E-state index in [0.29, 0.717) is 0 Å². The maximum absolute atomic E-state index is 12.0. The van der Waals surface area contributed by atoms with Gasteiger partial charge in [-0.1, -0.05) is 28.1 Å². The molecule has 2 N–H and O–H groups in total. The minimum atomic E-state index is -3.51. The second-order valence-corrected chi connectivity index (χ2v) is 6.67. The van der Waals surface area contributed by atoms with Crippen molar-refractivity contribution in [2.75, 3.05) is 13.6 Å². The van der Waals surface area contributed by atoms with Gasteiger partial charge in [0.25, 0.3) is 0 Å². The molecule has 0 heterocycles. The first kappa shape index (κ1) is 13.6. The normalized spacial score (nSPS) is 11.7. The monoisotopic (exact) mass is 322 g/mol. The zero-order chi connectivity index (χ0) is 12.3. The zero-order valence-electron chi connectivity index (χ0n) is 8.55. The van der Waals surface area contributed by atoms with Gasteiger partial charge in [-0.05, 0) is 24.3 Å². The van der Waals surface area contributed by atoms with Crippen LogP contribution in [-0.4, -0.2) is 31.3 Å². The highest BCUT2D eigenvalue weighted by Crippen LogP contribution is 2.17. The minimum Gasteiger partial charge on any atom is -0.392 e. The van der Waals surface area contributed by atoms with Gasteiger partial charge in [-0.3, -0.25) is 0 Å². The Morgan fingerprint density at radius 2 is 1.94 bits per heavy atom. The van der Waals surface area contributed by atoms with Crippen LogP contribution in [0.5, 0.6) is 0 Å². The van der Waals surface area contributed by atoms with Crippen LogP contribution in [0.2, 0.25) is 0 Å². The third-order valence-corrected chi connectivity index (χ3v) is 4.38. The fraction of sp³-hybridized carbons (Fsp3) is 0.222. The fourth-order valence-corrected chi connectivity index (χ4v) is 2.78. The molecular weight excluding hydrogens is 312 g/mol. The number of hydrogen-bond donors (Lipinski definition) is 1. The average molecular weight is 323 g/mol. The minimum absolute atomic E-state index is 0.0354. The van der Waals surface area contributed by atoms with Gasteiger partial charge >= 0.3 is 0 Å². The molecule has 0 bridgehead atoms. The Labute approximate surface area is 109 Å². The van der Waals surface area contributed by atoms with Crippen LogP contribution in [0, 0.1) is 0 Å². The maximum atomic E-state index is 12.0. The van der Waals surface area contributed by atoms with Crippen molar-refractivity contribution >= 4 is 43.2 Å². The third kappa shape index (κ3) is 3.24. The van der Waals surface area contributed by atoms with Gasteiger partial charge in [-0.15, -0.1) is 0 Å². The number of benzene rings is 1. The number of rotatable bonds is 4. The molecule has 0 fully saturated rings. The Hall–Kier alpha value is -0.500. The summed E-state index contributed by atoms with van der Waals surface area (Å²) >= 11 is 7.92. The number of hydrogen-bond acceptors (Lipinski definition) is 3. The quantitative estimate of drug-likeness (QED) is 0.850. The molecule has 0 aliphatic carbocycles. The highest BCUT2D eigenvalue weighted by Gasteiger charge is 2.20. The Morgan fingerprint density at radius 1 is 1.44 bits per heavy atom. The largest absolute Gasteiger partial charge is 0.392 e. The van der Waals surface area contributed by atoms with E-state index in [1.807, 2.05) is 0 Å². The molecule has 0 spiro atoms. The van der Waals surface area contributed by atoms with Crippen molar-refractivity contribution in [1.82, 2.24) is 4.31 Å². The van der Waals surface area contributed by atoms with E-state index in [-0.39, 0.29) is 16.4 Å². The van der Waals surface area contributed by atoms with Crippen molar-refractivity contribution in [2.24, 2.45) is 5.73 Å². The van der Waals surface area contributed by atoms with Crippen molar-refractivity contribution in [2.45, 2.75) is 4.90 Å². The molecule has 0 saturated heterocycles. The summed E-state index contributed by atoms with van der Waals surface area (Å²) in [4.78, 5) is 0.359. The second-order valence-electron chi connectivity index (χ2n) is 3.18. The molecule has 4 nitrogen and oxygen atoms in total. The van der Waals surface area contributed by atoms with Gasteiger partial charge in [0.2, 0.25) is 10.0 Å². The molecule has 88 valence electrons. The molecular formula is C9H11BrN2O2S2. The molecule has 1 aromatic carbocycles.